The summed E-state index contributed by atoms with van der Waals surface area (Å²) in [6.45, 7) is 4.27. The molecule has 0 saturated heterocycles. The predicted octanol–water partition coefficient (Wildman–Crippen LogP) is 2.59. The average Bonchev–Trinajstić information content (AvgIpc) is 3.13. The van der Waals surface area contributed by atoms with Gasteiger partial charge in [-0.25, -0.2) is 4.98 Å². The van der Waals surface area contributed by atoms with Crippen molar-refractivity contribution in [1.29, 1.82) is 0 Å². The van der Waals surface area contributed by atoms with E-state index in [-0.39, 0.29) is 6.04 Å². The Hall–Kier alpha value is -2.37. The quantitative estimate of drug-likeness (QED) is 0.782. The molecule has 0 saturated carbocycles. The number of hydrogen-bond donors (Lipinski definition) is 1. The maximum Gasteiger partial charge on any atom is 0.157 e. The highest BCUT2D eigenvalue weighted by atomic mass is 15.3. The summed E-state index contributed by atoms with van der Waals surface area (Å²) in [5, 5.41) is 12.2. The van der Waals surface area contributed by atoms with E-state index in [1.807, 2.05) is 34.6 Å². The Balaban J connectivity index is 2.00. The zero-order valence-electron chi connectivity index (χ0n) is 12.6. The smallest absolute Gasteiger partial charge is 0.157 e. The lowest BCUT2D eigenvalue weighted by molar-refractivity contribution is 0.629. The molecule has 6 nitrogen and oxygen atoms in total. The first kappa shape index (κ1) is 13.6. The molecular formula is C15H20N6. The van der Waals surface area contributed by atoms with E-state index in [1.165, 1.54) is 0 Å². The van der Waals surface area contributed by atoms with Crippen molar-refractivity contribution in [2.45, 2.75) is 32.7 Å². The van der Waals surface area contributed by atoms with Crippen LogP contribution in [-0.2, 0) is 13.5 Å². The predicted molar refractivity (Wildman–Crippen MR) is 82.2 cm³/mol. The van der Waals surface area contributed by atoms with Crippen LogP contribution in [0.4, 0.5) is 5.82 Å². The van der Waals surface area contributed by atoms with Gasteiger partial charge in [-0.05, 0) is 18.9 Å². The van der Waals surface area contributed by atoms with Gasteiger partial charge in [-0.3, -0.25) is 4.68 Å². The zero-order chi connectivity index (χ0) is 14.8. The summed E-state index contributed by atoms with van der Waals surface area (Å²) < 4.78 is 3.75. The SMILES string of the molecule is CCc1cc(NC(CC)c2ccnn2C)n2nccc2n1. The summed E-state index contributed by atoms with van der Waals surface area (Å²) in [4.78, 5) is 4.57. The molecule has 0 radical (unpaired) electrons. The first-order valence-corrected chi connectivity index (χ1v) is 7.31. The lowest BCUT2D eigenvalue weighted by Gasteiger charge is -2.19. The minimum absolute atomic E-state index is 0.192. The van der Waals surface area contributed by atoms with Crippen molar-refractivity contribution in [3.63, 3.8) is 0 Å². The molecule has 110 valence electrons. The molecule has 0 aliphatic heterocycles. The number of nitrogens with one attached hydrogen (secondary N) is 1. The number of rotatable bonds is 5. The van der Waals surface area contributed by atoms with Crippen LogP contribution in [0.1, 0.15) is 37.7 Å². The van der Waals surface area contributed by atoms with Gasteiger partial charge in [0.15, 0.2) is 5.65 Å². The van der Waals surface area contributed by atoms with Crippen molar-refractivity contribution in [1.82, 2.24) is 24.4 Å². The van der Waals surface area contributed by atoms with Gasteiger partial charge in [0, 0.05) is 31.1 Å². The molecule has 3 aromatic rings. The normalized spacial score (nSPS) is 12.7. The minimum atomic E-state index is 0.192. The minimum Gasteiger partial charge on any atom is -0.362 e. The fourth-order valence-electron chi connectivity index (χ4n) is 2.54. The maximum atomic E-state index is 4.57. The second-order valence-corrected chi connectivity index (χ2v) is 5.07. The Morgan fingerprint density at radius 2 is 2.00 bits per heavy atom. The van der Waals surface area contributed by atoms with Crippen molar-refractivity contribution >= 4 is 11.5 Å². The monoisotopic (exact) mass is 284 g/mol. The number of aromatic nitrogens is 5. The summed E-state index contributed by atoms with van der Waals surface area (Å²) >= 11 is 0. The highest BCUT2D eigenvalue weighted by Crippen LogP contribution is 2.23. The molecule has 3 aromatic heterocycles. The fraction of sp³-hybridized carbons (Fsp3) is 0.400. The zero-order valence-corrected chi connectivity index (χ0v) is 12.6. The van der Waals surface area contributed by atoms with E-state index >= 15 is 0 Å². The molecule has 0 spiro atoms. The molecular weight excluding hydrogens is 264 g/mol. The van der Waals surface area contributed by atoms with Crippen LogP contribution in [0.15, 0.2) is 30.6 Å². The standard InChI is InChI=1S/C15H20N6/c1-4-11-10-15(21-14(18-11)7-9-17-21)19-12(5-2)13-6-8-16-20(13)3/h6-10,12,19H,4-5H2,1-3H3. The summed E-state index contributed by atoms with van der Waals surface area (Å²) in [6, 6.07) is 6.23. The lowest BCUT2D eigenvalue weighted by atomic mass is 10.1. The van der Waals surface area contributed by atoms with E-state index in [4.69, 9.17) is 0 Å². The highest BCUT2D eigenvalue weighted by Gasteiger charge is 2.15. The van der Waals surface area contributed by atoms with Gasteiger partial charge in [0.1, 0.15) is 5.82 Å². The third kappa shape index (κ3) is 2.49. The second kappa shape index (κ2) is 5.55. The van der Waals surface area contributed by atoms with Crippen LogP contribution in [0.3, 0.4) is 0 Å². The molecule has 1 unspecified atom stereocenters. The topological polar surface area (TPSA) is 60.0 Å². The fourth-order valence-corrected chi connectivity index (χ4v) is 2.54. The summed E-state index contributed by atoms with van der Waals surface area (Å²) in [5.74, 6) is 0.968. The molecule has 0 aliphatic carbocycles. The first-order chi connectivity index (χ1) is 10.2. The van der Waals surface area contributed by atoms with Crippen LogP contribution in [0.5, 0.6) is 0 Å². The van der Waals surface area contributed by atoms with E-state index in [1.54, 1.807) is 6.20 Å². The Labute approximate surface area is 123 Å². The molecule has 0 aliphatic rings. The van der Waals surface area contributed by atoms with E-state index in [9.17, 15) is 0 Å². The number of aryl methyl sites for hydroxylation is 2. The molecule has 3 rings (SSSR count). The molecule has 3 heterocycles. The van der Waals surface area contributed by atoms with Crippen molar-refractivity contribution in [2.24, 2.45) is 7.05 Å². The van der Waals surface area contributed by atoms with Crippen molar-refractivity contribution in [3.8, 4) is 0 Å². The highest BCUT2D eigenvalue weighted by molar-refractivity contribution is 5.50. The molecule has 0 fully saturated rings. The van der Waals surface area contributed by atoms with Gasteiger partial charge < -0.3 is 5.32 Å². The number of hydrogen-bond acceptors (Lipinski definition) is 4. The maximum absolute atomic E-state index is 4.57. The van der Waals surface area contributed by atoms with E-state index in [2.05, 4.69) is 40.4 Å². The Morgan fingerprint density at radius 1 is 1.19 bits per heavy atom. The number of fused-ring (bicyclic) bond motifs is 1. The van der Waals surface area contributed by atoms with E-state index in [0.29, 0.717) is 0 Å². The Bertz CT molecular complexity index is 742. The molecule has 0 bridgehead atoms. The van der Waals surface area contributed by atoms with Crippen molar-refractivity contribution < 1.29 is 0 Å². The number of anilines is 1. The van der Waals surface area contributed by atoms with Crippen LogP contribution < -0.4 is 5.32 Å². The molecule has 1 N–H and O–H groups in total. The van der Waals surface area contributed by atoms with Gasteiger partial charge in [0.05, 0.1) is 17.9 Å². The van der Waals surface area contributed by atoms with Crippen LogP contribution >= 0.6 is 0 Å². The lowest BCUT2D eigenvalue weighted by Crippen LogP contribution is -2.16. The van der Waals surface area contributed by atoms with Crippen LogP contribution in [0, 0.1) is 0 Å². The van der Waals surface area contributed by atoms with Gasteiger partial charge >= 0.3 is 0 Å². The van der Waals surface area contributed by atoms with Gasteiger partial charge in [-0.1, -0.05) is 13.8 Å². The summed E-state index contributed by atoms with van der Waals surface area (Å²) in [6.07, 6.45) is 5.47. The van der Waals surface area contributed by atoms with E-state index in [0.717, 1.165) is 35.7 Å². The van der Waals surface area contributed by atoms with Gasteiger partial charge in [-0.15, -0.1) is 0 Å². The van der Waals surface area contributed by atoms with Crippen LogP contribution in [0.25, 0.3) is 5.65 Å². The molecule has 1 atom stereocenters. The molecule has 0 amide bonds. The Kier molecular flexibility index (Phi) is 3.60. The average molecular weight is 284 g/mol. The van der Waals surface area contributed by atoms with E-state index < -0.39 is 0 Å². The van der Waals surface area contributed by atoms with Crippen LogP contribution in [0.2, 0.25) is 0 Å². The Morgan fingerprint density at radius 3 is 2.67 bits per heavy atom. The first-order valence-electron chi connectivity index (χ1n) is 7.31. The van der Waals surface area contributed by atoms with Crippen molar-refractivity contribution in [3.05, 3.63) is 42.0 Å². The van der Waals surface area contributed by atoms with Gasteiger partial charge in [-0.2, -0.15) is 14.7 Å². The second-order valence-electron chi connectivity index (χ2n) is 5.07. The molecule has 21 heavy (non-hydrogen) atoms. The van der Waals surface area contributed by atoms with Crippen molar-refractivity contribution in [2.75, 3.05) is 5.32 Å². The van der Waals surface area contributed by atoms with Gasteiger partial charge in [0.25, 0.3) is 0 Å². The third-order valence-electron chi connectivity index (χ3n) is 3.72. The molecule has 0 aromatic carbocycles. The van der Waals surface area contributed by atoms with Gasteiger partial charge in [0.2, 0.25) is 0 Å². The third-order valence-corrected chi connectivity index (χ3v) is 3.72. The summed E-state index contributed by atoms with van der Waals surface area (Å²) in [5.41, 5.74) is 3.09. The largest absolute Gasteiger partial charge is 0.362 e. The molecule has 6 heteroatoms. The van der Waals surface area contributed by atoms with Crippen LogP contribution in [-0.4, -0.2) is 24.4 Å². The summed E-state index contributed by atoms with van der Waals surface area (Å²) in [7, 11) is 1.97. The number of nitrogens with zero attached hydrogens (tertiary/aromatic N) is 5.